The van der Waals surface area contributed by atoms with Crippen LogP contribution in [0.1, 0.15) is 5.56 Å². The normalized spacial score (nSPS) is 9.80. The van der Waals surface area contributed by atoms with Crippen molar-refractivity contribution >= 4 is 23.2 Å². The number of nitriles is 1. The minimum Gasteiger partial charge on any atom is -0.323 e. The summed E-state index contributed by atoms with van der Waals surface area (Å²) in [6.07, 6.45) is 1.41. The highest BCUT2D eigenvalue weighted by molar-refractivity contribution is 6.31. The maximum Gasteiger partial charge on any atom is 0.267 e. The second-order valence-electron chi connectivity index (χ2n) is 3.87. The van der Waals surface area contributed by atoms with Gasteiger partial charge < -0.3 is 5.32 Å². The van der Waals surface area contributed by atoms with Crippen molar-refractivity contribution in [3.8, 4) is 6.07 Å². The van der Waals surface area contributed by atoms with Crippen molar-refractivity contribution in [2.24, 2.45) is 0 Å². The summed E-state index contributed by atoms with van der Waals surface area (Å²) in [5.41, 5.74) is 0.208. The molecular formula is C13H9ClN4O2. The van der Waals surface area contributed by atoms with Gasteiger partial charge in [0, 0.05) is 17.3 Å². The van der Waals surface area contributed by atoms with Crippen LogP contribution in [0.5, 0.6) is 0 Å². The number of amides is 1. The van der Waals surface area contributed by atoms with E-state index in [4.69, 9.17) is 16.9 Å². The predicted molar refractivity (Wildman–Crippen MR) is 73.3 cm³/mol. The van der Waals surface area contributed by atoms with E-state index in [1.165, 1.54) is 30.5 Å². The Morgan fingerprint density at radius 2 is 2.25 bits per heavy atom. The number of carbonyl (C=O) groups excluding carboxylic acids is 1. The van der Waals surface area contributed by atoms with Crippen LogP contribution in [0.2, 0.25) is 5.02 Å². The average molecular weight is 289 g/mol. The van der Waals surface area contributed by atoms with E-state index in [0.717, 1.165) is 4.68 Å². The van der Waals surface area contributed by atoms with Crippen LogP contribution in [0.4, 0.5) is 5.69 Å². The summed E-state index contributed by atoms with van der Waals surface area (Å²) >= 11 is 5.81. The molecule has 0 radical (unpaired) electrons. The molecular weight excluding hydrogens is 280 g/mol. The summed E-state index contributed by atoms with van der Waals surface area (Å²) in [6, 6.07) is 9.27. The molecule has 1 aromatic carbocycles. The van der Waals surface area contributed by atoms with E-state index in [1.807, 2.05) is 6.07 Å². The van der Waals surface area contributed by atoms with Gasteiger partial charge in [0.25, 0.3) is 5.56 Å². The molecule has 20 heavy (non-hydrogen) atoms. The molecule has 6 nitrogen and oxygen atoms in total. The molecule has 1 amide bonds. The fourth-order valence-electron chi connectivity index (χ4n) is 1.55. The van der Waals surface area contributed by atoms with Crippen molar-refractivity contribution in [1.29, 1.82) is 5.26 Å². The van der Waals surface area contributed by atoms with Gasteiger partial charge in [0.1, 0.15) is 12.6 Å². The topological polar surface area (TPSA) is 87.8 Å². The SMILES string of the molecule is N#Cc1ccc(Cl)cc1NC(=O)Cn1ncccc1=O. The van der Waals surface area contributed by atoms with E-state index in [-0.39, 0.29) is 17.7 Å². The number of hydrogen-bond acceptors (Lipinski definition) is 4. The second-order valence-corrected chi connectivity index (χ2v) is 4.31. The summed E-state index contributed by atoms with van der Waals surface area (Å²) < 4.78 is 1.02. The largest absolute Gasteiger partial charge is 0.323 e. The fraction of sp³-hybridized carbons (Fsp3) is 0.0769. The Morgan fingerprint density at radius 3 is 2.95 bits per heavy atom. The first-order valence-electron chi connectivity index (χ1n) is 5.62. The maximum absolute atomic E-state index is 11.9. The van der Waals surface area contributed by atoms with Gasteiger partial charge in [-0.05, 0) is 24.3 Å². The Hall–Kier alpha value is -2.65. The number of anilines is 1. The van der Waals surface area contributed by atoms with Crippen molar-refractivity contribution in [2.45, 2.75) is 6.54 Å². The Balaban J connectivity index is 2.17. The zero-order valence-electron chi connectivity index (χ0n) is 10.2. The standard InChI is InChI=1S/C13H9ClN4O2/c14-10-4-3-9(7-15)11(6-10)17-12(19)8-18-13(20)2-1-5-16-18/h1-6H,8H2,(H,17,19). The lowest BCUT2D eigenvalue weighted by Gasteiger charge is -2.08. The molecule has 0 aliphatic heterocycles. The van der Waals surface area contributed by atoms with Crippen molar-refractivity contribution in [2.75, 3.05) is 5.32 Å². The molecule has 0 spiro atoms. The molecule has 0 atom stereocenters. The summed E-state index contributed by atoms with van der Waals surface area (Å²) in [5.74, 6) is -0.468. The zero-order valence-corrected chi connectivity index (χ0v) is 11.0. The van der Waals surface area contributed by atoms with Crippen LogP contribution in [-0.2, 0) is 11.3 Å². The smallest absolute Gasteiger partial charge is 0.267 e. The van der Waals surface area contributed by atoms with Gasteiger partial charge in [-0.3, -0.25) is 9.59 Å². The molecule has 2 aromatic rings. The Labute approximate surface area is 119 Å². The number of carbonyl (C=O) groups is 1. The number of benzene rings is 1. The summed E-state index contributed by atoms with van der Waals surface area (Å²) in [6.45, 7) is -0.239. The van der Waals surface area contributed by atoms with E-state index < -0.39 is 5.91 Å². The van der Waals surface area contributed by atoms with Crippen LogP contribution in [0.15, 0.2) is 41.3 Å². The predicted octanol–water partition coefficient (Wildman–Crippen LogP) is 1.41. The molecule has 1 heterocycles. The Bertz CT molecular complexity index is 749. The van der Waals surface area contributed by atoms with Crippen LogP contribution >= 0.6 is 11.6 Å². The molecule has 0 saturated heterocycles. The van der Waals surface area contributed by atoms with Crippen LogP contribution in [0.25, 0.3) is 0 Å². The molecule has 0 aliphatic carbocycles. The average Bonchev–Trinajstić information content (AvgIpc) is 2.41. The molecule has 0 aliphatic rings. The maximum atomic E-state index is 11.9. The lowest BCUT2D eigenvalue weighted by atomic mass is 10.2. The first-order valence-corrected chi connectivity index (χ1v) is 5.99. The summed E-state index contributed by atoms with van der Waals surface area (Å²) in [5, 5.41) is 15.6. The van der Waals surface area contributed by atoms with Crippen LogP contribution in [-0.4, -0.2) is 15.7 Å². The van der Waals surface area contributed by atoms with Gasteiger partial charge in [-0.25, -0.2) is 4.68 Å². The number of aromatic nitrogens is 2. The third-order valence-corrected chi connectivity index (χ3v) is 2.69. The van der Waals surface area contributed by atoms with Gasteiger partial charge in [-0.1, -0.05) is 11.6 Å². The van der Waals surface area contributed by atoms with Crippen molar-refractivity contribution in [3.63, 3.8) is 0 Å². The van der Waals surface area contributed by atoms with E-state index in [2.05, 4.69) is 10.4 Å². The molecule has 0 saturated carbocycles. The van der Waals surface area contributed by atoms with Gasteiger partial charge in [0.15, 0.2) is 0 Å². The van der Waals surface area contributed by atoms with E-state index in [0.29, 0.717) is 10.7 Å². The Kier molecular flexibility index (Phi) is 4.13. The third kappa shape index (κ3) is 3.22. The fourth-order valence-corrected chi connectivity index (χ4v) is 1.72. The number of halogens is 1. The zero-order chi connectivity index (χ0) is 14.5. The number of rotatable bonds is 3. The minimum absolute atomic E-state index is 0.239. The van der Waals surface area contributed by atoms with Crippen LogP contribution < -0.4 is 10.9 Å². The van der Waals surface area contributed by atoms with Gasteiger partial charge in [0.05, 0.1) is 11.3 Å². The van der Waals surface area contributed by atoms with Gasteiger partial charge in [-0.2, -0.15) is 10.4 Å². The second kappa shape index (κ2) is 5.99. The molecule has 0 bridgehead atoms. The van der Waals surface area contributed by atoms with E-state index in [9.17, 15) is 9.59 Å². The van der Waals surface area contributed by atoms with Crippen molar-refractivity contribution < 1.29 is 4.79 Å². The lowest BCUT2D eigenvalue weighted by Crippen LogP contribution is -2.28. The van der Waals surface area contributed by atoms with Crippen molar-refractivity contribution in [1.82, 2.24) is 9.78 Å². The summed E-state index contributed by atoms with van der Waals surface area (Å²) in [4.78, 5) is 23.3. The van der Waals surface area contributed by atoms with E-state index in [1.54, 1.807) is 6.07 Å². The molecule has 1 N–H and O–H groups in total. The quantitative estimate of drug-likeness (QED) is 0.925. The highest BCUT2D eigenvalue weighted by Gasteiger charge is 2.09. The molecule has 100 valence electrons. The third-order valence-electron chi connectivity index (χ3n) is 2.45. The first kappa shape index (κ1) is 13.8. The van der Waals surface area contributed by atoms with Crippen LogP contribution in [0, 0.1) is 11.3 Å². The number of hydrogen-bond donors (Lipinski definition) is 1. The summed E-state index contributed by atoms with van der Waals surface area (Å²) in [7, 11) is 0. The highest BCUT2D eigenvalue weighted by Crippen LogP contribution is 2.20. The van der Waals surface area contributed by atoms with Gasteiger partial charge in [0.2, 0.25) is 5.91 Å². The van der Waals surface area contributed by atoms with Gasteiger partial charge >= 0.3 is 0 Å². The molecule has 0 fully saturated rings. The lowest BCUT2D eigenvalue weighted by molar-refractivity contribution is -0.117. The Morgan fingerprint density at radius 1 is 1.45 bits per heavy atom. The van der Waals surface area contributed by atoms with Crippen LogP contribution in [0.3, 0.4) is 0 Å². The number of nitrogens with zero attached hydrogens (tertiary/aromatic N) is 3. The first-order chi connectivity index (χ1) is 9.60. The minimum atomic E-state index is -0.468. The van der Waals surface area contributed by atoms with Gasteiger partial charge in [-0.15, -0.1) is 0 Å². The monoisotopic (exact) mass is 288 g/mol. The molecule has 2 rings (SSSR count). The van der Waals surface area contributed by atoms with E-state index >= 15 is 0 Å². The molecule has 1 aromatic heterocycles. The number of nitrogens with one attached hydrogen (secondary N) is 1. The molecule has 7 heteroatoms. The highest BCUT2D eigenvalue weighted by atomic mass is 35.5. The molecule has 0 unspecified atom stereocenters. The van der Waals surface area contributed by atoms with Crippen molar-refractivity contribution in [3.05, 3.63) is 57.5 Å².